The summed E-state index contributed by atoms with van der Waals surface area (Å²) in [6.45, 7) is 3.76. The first kappa shape index (κ1) is 24.9. The van der Waals surface area contributed by atoms with Crippen LogP contribution in [-0.4, -0.2) is 44.0 Å². The Morgan fingerprint density at radius 1 is 0.718 bits per heavy atom. The normalized spacial score (nSPS) is 16.6. The Morgan fingerprint density at radius 3 is 1.69 bits per heavy atom. The van der Waals surface area contributed by atoms with Gasteiger partial charge in [-0.05, 0) is 36.8 Å². The summed E-state index contributed by atoms with van der Waals surface area (Å²) < 4.78 is 42.1. The molecule has 5 aromatic rings. The maximum atomic E-state index is 14.5. The average Bonchev–Trinajstić information content (AvgIpc) is 3.46. The van der Waals surface area contributed by atoms with Crippen LogP contribution in [0.1, 0.15) is 34.8 Å². The minimum atomic E-state index is -3.97. The molecule has 8 nitrogen and oxygen atoms in total. The van der Waals surface area contributed by atoms with Gasteiger partial charge in [-0.2, -0.15) is 0 Å². The topological polar surface area (TPSA) is 96.6 Å². The van der Waals surface area contributed by atoms with Gasteiger partial charge in [0.1, 0.15) is 5.25 Å². The second kappa shape index (κ2) is 8.84. The number of fused-ring (bicyclic) bond motifs is 7. The van der Waals surface area contributed by atoms with Gasteiger partial charge in [0, 0.05) is 22.3 Å². The number of para-hydroxylation sites is 2. The van der Waals surface area contributed by atoms with Crippen LogP contribution in [0, 0.1) is 6.92 Å². The van der Waals surface area contributed by atoms with Crippen LogP contribution in [0.25, 0.3) is 33.2 Å². The van der Waals surface area contributed by atoms with Gasteiger partial charge in [-0.1, -0.05) is 61.0 Å². The molecule has 0 spiro atoms. The molecule has 0 aliphatic heterocycles. The van der Waals surface area contributed by atoms with E-state index in [2.05, 4.69) is 0 Å². The highest BCUT2D eigenvalue weighted by Crippen LogP contribution is 2.56. The second-order valence-corrected chi connectivity index (χ2v) is 11.8. The van der Waals surface area contributed by atoms with E-state index in [9.17, 15) is 18.0 Å². The predicted octanol–water partition coefficient (Wildman–Crippen LogP) is 6.43. The highest BCUT2D eigenvalue weighted by molar-refractivity contribution is 7.91. The molecule has 1 aliphatic rings. The first-order valence-corrected chi connectivity index (χ1v) is 14.0. The van der Waals surface area contributed by atoms with Gasteiger partial charge in [0.2, 0.25) is 0 Å². The molecule has 3 aromatic carbocycles. The minimum Gasteiger partial charge on any atom is -0.452 e. The Balaban J connectivity index is 1.84. The monoisotopic (exact) mass is 542 g/mol. The number of aromatic nitrogens is 2. The van der Waals surface area contributed by atoms with E-state index in [0.717, 1.165) is 5.56 Å². The van der Waals surface area contributed by atoms with E-state index in [1.54, 1.807) is 60.7 Å². The summed E-state index contributed by atoms with van der Waals surface area (Å²) in [7, 11) is -1.41. The molecule has 0 fully saturated rings. The quantitative estimate of drug-likeness (QED) is 0.255. The molecule has 0 N–H and O–H groups in total. The lowest BCUT2D eigenvalue weighted by Crippen LogP contribution is -2.26. The van der Waals surface area contributed by atoms with Gasteiger partial charge in [-0.15, -0.1) is 0 Å². The van der Waals surface area contributed by atoms with Gasteiger partial charge >= 0.3 is 12.2 Å². The zero-order valence-corrected chi connectivity index (χ0v) is 22.7. The standard InChI is InChI=1S/C30H26N2O6S/c1-17-13-15-19(16-14-17)39(35,36)28-18(2)24-20-9-5-7-11-22(20)31(29(33)37-3)26(24)27-25(28)21-10-6-8-12-23(21)32(27)30(34)38-4/h5-16,18,28H,1-4H3. The Morgan fingerprint density at radius 2 is 1.18 bits per heavy atom. The number of hydrogen-bond donors (Lipinski definition) is 0. The lowest BCUT2D eigenvalue weighted by molar-refractivity contribution is 0.172. The number of carbonyl (C=O) groups is 2. The van der Waals surface area contributed by atoms with Crippen LogP contribution in [0.3, 0.4) is 0 Å². The fraction of sp³-hybridized carbons (Fsp3) is 0.200. The van der Waals surface area contributed by atoms with Gasteiger partial charge < -0.3 is 9.47 Å². The number of hydrogen-bond acceptors (Lipinski definition) is 6. The first-order valence-electron chi connectivity index (χ1n) is 12.5. The highest BCUT2D eigenvalue weighted by Gasteiger charge is 2.47. The van der Waals surface area contributed by atoms with Crippen molar-refractivity contribution >= 4 is 43.8 Å². The molecule has 0 radical (unpaired) electrons. The molecule has 6 rings (SSSR count). The molecule has 2 atom stereocenters. The van der Waals surface area contributed by atoms with E-state index >= 15 is 0 Å². The van der Waals surface area contributed by atoms with Crippen LogP contribution in [0.15, 0.2) is 77.7 Å². The number of methoxy groups -OCH3 is 2. The van der Waals surface area contributed by atoms with E-state index in [1.165, 1.54) is 23.4 Å². The molecule has 0 saturated carbocycles. The lowest BCUT2D eigenvalue weighted by Gasteiger charge is -2.31. The zero-order chi connectivity index (χ0) is 27.6. The Bertz CT molecular complexity index is 1910. The van der Waals surface area contributed by atoms with Crippen molar-refractivity contribution in [3.8, 4) is 11.4 Å². The molecule has 198 valence electrons. The van der Waals surface area contributed by atoms with Crippen molar-refractivity contribution in [3.05, 3.63) is 89.5 Å². The van der Waals surface area contributed by atoms with Crippen LogP contribution < -0.4 is 0 Å². The predicted molar refractivity (Wildman–Crippen MR) is 148 cm³/mol. The molecule has 39 heavy (non-hydrogen) atoms. The molecular formula is C30H26N2O6S. The van der Waals surface area contributed by atoms with E-state index in [1.807, 2.05) is 26.0 Å². The van der Waals surface area contributed by atoms with E-state index in [-0.39, 0.29) is 4.90 Å². The molecule has 0 amide bonds. The molecule has 2 aromatic heterocycles. The van der Waals surface area contributed by atoms with Crippen LogP contribution in [0.4, 0.5) is 9.59 Å². The Labute approximate surface area is 225 Å². The van der Waals surface area contributed by atoms with Crippen LogP contribution >= 0.6 is 0 Å². The van der Waals surface area contributed by atoms with Gasteiger partial charge in [0.25, 0.3) is 0 Å². The van der Waals surface area contributed by atoms with E-state index in [4.69, 9.17) is 9.47 Å². The third-order valence-corrected chi connectivity index (χ3v) is 9.89. The highest BCUT2D eigenvalue weighted by atomic mass is 32.2. The smallest absolute Gasteiger partial charge is 0.418 e. The van der Waals surface area contributed by atoms with Crippen molar-refractivity contribution in [2.45, 2.75) is 29.9 Å². The first-order chi connectivity index (χ1) is 18.7. The van der Waals surface area contributed by atoms with Crippen molar-refractivity contribution in [1.82, 2.24) is 9.13 Å². The number of ether oxygens (including phenoxy) is 2. The average molecular weight is 543 g/mol. The van der Waals surface area contributed by atoms with Gasteiger partial charge in [-0.25, -0.2) is 27.1 Å². The van der Waals surface area contributed by atoms with Crippen molar-refractivity contribution in [1.29, 1.82) is 0 Å². The summed E-state index contributed by atoms with van der Waals surface area (Å²) >= 11 is 0. The molecule has 2 heterocycles. The number of aryl methyl sites for hydroxylation is 1. The van der Waals surface area contributed by atoms with Gasteiger partial charge in [-0.3, -0.25) is 0 Å². The molecule has 9 heteroatoms. The number of sulfone groups is 1. The minimum absolute atomic E-state index is 0.186. The van der Waals surface area contributed by atoms with Crippen molar-refractivity contribution in [2.75, 3.05) is 14.2 Å². The third-order valence-electron chi connectivity index (χ3n) is 7.64. The number of nitrogens with zero attached hydrogens (tertiary/aromatic N) is 2. The zero-order valence-electron chi connectivity index (χ0n) is 21.8. The lowest BCUT2D eigenvalue weighted by atomic mass is 9.83. The fourth-order valence-electron chi connectivity index (χ4n) is 6.01. The van der Waals surface area contributed by atoms with Crippen molar-refractivity contribution in [2.24, 2.45) is 0 Å². The number of rotatable bonds is 2. The fourth-order valence-corrected chi connectivity index (χ4v) is 8.04. The summed E-state index contributed by atoms with van der Waals surface area (Å²) in [5.74, 6) is -0.577. The van der Waals surface area contributed by atoms with Crippen LogP contribution in [0.2, 0.25) is 0 Å². The van der Waals surface area contributed by atoms with Gasteiger partial charge in [0.15, 0.2) is 9.84 Å². The summed E-state index contributed by atoms with van der Waals surface area (Å²) in [6.07, 6.45) is -1.34. The second-order valence-electron chi connectivity index (χ2n) is 9.74. The number of carbonyl (C=O) groups excluding carboxylic acids is 2. The van der Waals surface area contributed by atoms with E-state index in [0.29, 0.717) is 44.3 Å². The van der Waals surface area contributed by atoms with Crippen molar-refractivity contribution in [3.63, 3.8) is 0 Å². The number of benzene rings is 3. The molecular weight excluding hydrogens is 516 g/mol. The Hall–Kier alpha value is -4.37. The Kier molecular flexibility index (Phi) is 5.65. The maximum absolute atomic E-state index is 14.5. The van der Waals surface area contributed by atoms with Crippen LogP contribution in [-0.2, 0) is 19.3 Å². The summed E-state index contributed by atoms with van der Waals surface area (Å²) in [4.78, 5) is 26.8. The molecule has 0 saturated heterocycles. The maximum Gasteiger partial charge on any atom is 0.418 e. The van der Waals surface area contributed by atoms with Gasteiger partial charge in [0.05, 0.1) is 41.5 Å². The van der Waals surface area contributed by atoms with E-state index < -0.39 is 33.2 Å². The largest absolute Gasteiger partial charge is 0.452 e. The van der Waals surface area contributed by atoms with Crippen molar-refractivity contribution < 1.29 is 27.5 Å². The molecule has 1 aliphatic carbocycles. The van der Waals surface area contributed by atoms with Crippen LogP contribution in [0.5, 0.6) is 0 Å². The summed E-state index contributed by atoms with van der Waals surface area (Å²) in [5.41, 5.74) is 3.81. The summed E-state index contributed by atoms with van der Waals surface area (Å²) in [5, 5.41) is 0.259. The third kappa shape index (κ3) is 3.39. The SMILES string of the molecule is COC(=O)n1c2c(c3ccccc31)C(C)C(S(=O)(=O)c1ccc(C)cc1)c1c-2n(C(=O)OC)c2ccccc12. The summed E-state index contributed by atoms with van der Waals surface area (Å²) in [6, 6.07) is 21.2. The molecule has 0 bridgehead atoms. The molecule has 2 unspecified atom stereocenters.